The van der Waals surface area contributed by atoms with Crippen LogP contribution in [0.15, 0.2) is 60.8 Å². The van der Waals surface area contributed by atoms with Gasteiger partial charge in [-0.2, -0.15) is 0 Å². The summed E-state index contributed by atoms with van der Waals surface area (Å²) in [6.45, 7) is 2.35. The van der Waals surface area contributed by atoms with Crippen LogP contribution in [0.2, 0.25) is 0 Å². The molecule has 2 aliphatic heterocycles. The van der Waals surface area contributed by atoms with Gasteiger partial charge < -0.3 is 24.4 Å². The zero-order valence-electron chi connectivity index (χ0n) is 18.4. The number of hydrogen-bond acceptors (Lipinski definition) is 7. The number of hydrogen-bond donors (Lipinski definition) is 1. The molecule has 5 rings (SSSR count). The molecule has 2 saturated heterocycles. The van der Waals surface area contributed by atoms with Crippen molar-refractivity contribution in [2.45, 2.75) is 37.4 Å². The molecular formula is C24H29N5O3. The van der Waals surface area contributed by atoms with E-state index in [-0.39, 0.29) is 24.3 Å². The molecule has 0 bridgehead atoms. The van der Waals surface area contributed by atoms with Crippen LogP contribution in [0, 0.1) is 0 Å². The number of anilines is 1. The molecule has 2 aliphatic rings. The quantitative estimate of drug-likeness (QED) is 0.583. The zero-order valence-corrected chi connectivity index (χ0v) is 18.4. The van der Waals surface area contributed by atoms with Crippen molar-refractivity contribution in [2.24, 2.45) is 0 Å². The molecule has 168 valence electrons. The average molecular weight is 436 g/mol. The highest BCUT2D eigenvalue weighted by atomic mass is 16.6. The molecule has 0 aliphatic carbocycles. The van der Waals surface area contributed by atoms with Gasteiger partial charge in [0.2, 0.25) is 0 Å². The van der Waals surface area contributed by atoms with Crippen molar-refractivity contribution in [1.82, 2.24) is 20.3 Å². The first-order chi connectivity index (χ1) is 15.7. The van der Waals surface area contributed by atoms with E-state index in [1.54, 1.807) is 0 Å². The number of aromatic nitrogens is 3. The molecule has 1 N–H and O–H groups in total. The van der Waals surface area contributed by atoms with Crippen molar-refractivity contribution in [3.8, 4) is 5.75 Å². The molecule has 1 aromatic heterocycles. The Kier molecular flexibility index (Phi) is 6.07. The third-order valence-corrected chi connectivity index (χ3v) is 6.08. The fourth-order valence-corrected chi connectivity index (χ4v) is 4.26. The summed E-state index contributed by atoms with van der Waals surface area (Å²) in [5.41, 5.74) is 3.22. The first-order valence-electron chi connectivity index (χ1n) is 11.0. The van der Waals surface area contributed by atoms with E-state index in [9.17, 15) is 0 Å². The average Bonchev–Trinajstić information content (AvgIpc) is 3.54. The Balaban J connectivity index is 1.15. The lowest BCUT2D eigenvalue weighted by atomic mass is 10.1. The van der Waals surface area contributed by atoms with Gasteiger partial charge in [-0.1, -0.05) is 35.5 Å². The Hall–Kier alpha value is -2.94. The summed E-state index contributed by atoms with van der Waals surface area (Å²) in [7, 11) is 4.09. The summed E-state index contributed by atoms with van der Waals surface area (Å²) < 4.78 is 19.9. The minimum Gasteiger partial charge on any atom is -0.487 e. The summed E-state index contributed by atoms with van der Waals surface area (Å²) in [6, 6.07) is 18.5. The van der Waals surface area contributed by atoms with E-state index in [1.165, 1.54) is 11.3 Å². The van der Waals surface area contributed by atoms with Crippen molar-refractivity contribution in [3.05, 3.63) is 72.1 Å². The van der Waals surface area contributed by atoms with Crippen molar-refractivity contribution >= 4 is 5.69 Å². The van der Waals surface area contributed by atoms with E-state index in [4.69, 9.17) is 14.2 Å². The van der Waals surface area contributed by atoms with Gasteiger partial charge in [0, 0.05) is 26.3 Å². The number of nitrogens with one attached hydrogen (secondary N) is 1. The molecule has 3 heterocycles. The molecule has 8 nitrogen and oxygen atoms in total. The molecule has 0 spiro atoms. The van der Waals surface area contributed by atoms with E-state index in [2.05, 4.69) is 44.8 Å². The topological polar surface area (TPSA) is 73.7 Å². The number of ether oxygens (including phenoxy) is 3. The second-order valence-corrected chi connectivity index (χ2v) is 8.50. The Morgan fingerprint density at radius 2 is 1.81 bits per heavy atom. The van der Waals surface area contributed by atoms with E-state index in [0.717, 1.165) is 18.0 Å². The van der Waals surface area contributed by atoms with Gasteiger partial charge in [0.05, 0.1) is 25.5 Å². The van der Waals surface area contributed by atoms with E-state index < -0.39 is 0 Å². The van der Waals surface area contributed by atoms with Crippen LogP contribution in [0.5, 0.6) is 5.75 Å². The highest BCUT2D eigenvalue weighted by Crippen LogP contribution is 2.34. The third-order valence-electron chi connectivity index (χ3n) is 6.08. The molecule has 0 amide bonds. The Labute approximate surface area is 188 Å². The molecule has 3 aromatic rings. The smallest absolute Gasteiger partial charge is 0.134 e. The lowest BCUT2D eigenvalue weighted by molar-refractivity contribution is 0.0619. The summed E-state index contributed by atoms with van der Waals surface area (Å²) in [5.74, 6) is 0.815. The molecule has 32 heavy (non-hydrogen) atoms. The zero-order chi connectivity index (χ0) is 21.9. The minimum atomic E-state index is -0.0341. The standard InChI is InChI=1S/C24H29N5O3/c1-28(2)19-10-8-17(9-11-19)12-25-21-15-31-24-22(16-32-23(21)24)29-13-18(26-27-29)14-30-20-6-4-3-5-7-20/h3-11,13,21-25H,12,14-16H2,1-2H3/t21-,22+,23-,24+/m1/s1. The molecule has 0 unspecified atom stereocenters. The minimum absolute atomic E-state index is 0.00858. The Morgan fingerprint density at radius 3 is 2.59 bits per heavy atom. The first kappa shape index (κ1) is 20.9. The van der Waals surface area contributed by atoms with Crippen LogP contribution in [0.4, 0.5) is 5.69 Å². The maximum absolute atomic E-state index is 6.12. The molecule has 2 fully saturated rings. The lowest BCUT2D eigenvalue weighted by Gasteiger charge is -2.18. The SMILES string of the molecule is CN(C)c1ccc(CN[C@@H]2CO[C@@H]3[C@@H]2OC[C@@H]3n2cc(COc3ccccc3)nn2)cc1. The monoisotopic (exact) mass is 435 g/mol. The molecule has 4 atom stereocenters. The van der Waals surface area contributed by atoms with Crippen LogP contribution < -0.4 is 15.0 Å². The summed E-state index contributed by atoms with van der Waals surface area (Å²) in [4.78, 5) is 2.10. The fourth-order valence-electron chi connectivity index (χ4n) is 4.26. The fraction of sp³-hybridized carbons (Fsp3) is 0.417. The van der Waals surface area contributed by atoms with Gasteiger partial charge in [0.1, 0.15) is 36.3 Å². The predicted octanol–water partition coefficient (Wildman–Crippen LogP) is 2.42. The van der Waals surface area contributed by atoms with Crippen molar-refractivity contribution in [2.75, 3.05) is 32.2 Å². The van der Waals surface area contributed by atoms with Gasteiger partial charge in [-0.05, 0) is 29.8 Å². The number of fused-ring (bicyclic) bond motifs is 1. The first-order valence-corrected chi connectivity index (χ1v) is 11.0. The normalized spacial score (nSPS) is 24.4. The summed E-state index contributed by atoms with van der Waals surface area (Å²) >= 11 is 0. The Bertz CT molecular complexity index is 1010. The Morgan fingerprint density at radius 1 is 1.03 bits per heavy atom. The summed E-state index contributed by atoms with van der Waals surface area (Å²) in [6.07, 6.45) is 1.90. The molecular weight excluding hydrogens is 406 g/mol. The van der Waals surface area contributed by atoms with Gasteiger partial charge in [0.15, 0.2) is 0 Å². The van der Waals surface area contributed by atoms with Crippen molar-refractivity contribution < 1.29 is 14.2 Å². The molecule has 8 heteroatoms. The number of rotatable bonds is 8. The maximum Gasteiger partial charge on any atom is 0.134 e. The van der Waals surface area contributed by atoms with Crippen molar-refractivity contribution in [3.63, 3.8) is 0 Å². The highest BCUT2D eigenvalue weighted by Gasteiger charge is 2.48. The van der Waals surface area contributed by atoms with Gasteiger partial charge in [-0.25, -0.2) is 4.68 Å². The number of para-hydroxylation sites is 1. The second kappa shape index (κ2) is 9.28. The van der Waals surface area contributed by atoms with Crippen LogP contribution in [0.1, 0.15) is 17.3 Å². The van der Waals surface area contributed by atoms with E-state index in [0.29, 0.717) is 19.8 Å². The summed E-state index contributed by atoms with van der Waals surface area (Å²) in [5, 5.41) is 12.2. The largest absolute Gasteiger partial charge is 0.487 e. The van der Waals surface area contributed by atoms with Crippen LogP contribution in [-0.4, -0.2) is 60.6 Å². The van der Waals surface area contributed by atoms with E-state index >= 15 is 0 Å². The highest BCUT2D eigenvalue weighted by molar-refractivity contribution is 5.46. The van der Waals surface area contributed by atoms with Gasteiger partial charge >= 0.3 is 0 Å². The van der Waals surface area contributed by atoms with Crippen LogP contribution >= 0.6 is 0 Å². The lowest BCUT2D eigenvalue weighted by Crippen LogP contribution is -2.40. The molecule has 2 aromatic carbocycles. The van der Waals surface area contributed by atoms with Crippen LogP contribution in [-0.2, 0) is 22.6 Å². The van der Waals surface area contributed by atoms with Gasteiger partial charge in [0.25, 0.3) is 0 Å². The van der Waals surface area contributed by atoms with Crippen LogP contribution in [0.3, 0.4) is 0 Å². The number of benzene rings is 2. The van der Waals surface area contributed by atoms with Crippen molar-refractivity contribution in [1.29, 1.82) is 0 Å². The maximum atomic E-state index is 6.12. The van der Waals surface area contributed by atoms with Gasteiger partial charge in [-0.15, -0.1) is 5.10 Å². The van der Waals surface area contributed by atoms with Gasteiger partial charge in [-0.3, -0.25) is 0 Å². The molecule has 0 saturated carbocycles. The number of nitrogens with zero attached hydrogens (tertiary/aromatic N) is 4. The molecule has 0 radical (unpaired) electrons. The second-order valence-electron chi connectivity index (χ2n) is 8.50. The third kappa shape index (κ3) is 4.48. The van der Waals surface area contributed by atoms with Crippen LogP contribution in [0.25, 0.3) is 0 Å². The van der Waals surface area contributed by atoms with E-state index in [1.807, 2.05) is 55.3 Å². The predicted molar refractivity (Wildman–Crippen MR) is 121 cm³/mol.